The molecule has 126 valence electrons. The van der Waals surface area contributed by atoms with Crippen molar-refractivity contribution in [2.45, 2.75) is 45.2 Å². The number of hydrogen-bond donors (Lipinski definition) is 0. The minimum absolute atomic E-state index is 0.360. The highest BCUT2D eigenvalue weighted by Gasteiger charge is 2.27. The van der Waals surface area contributed by atoms with Gasteiger partial charge in [0.2, 0.25) is 6.79 Å². The molecule has 0 N–H and O–H groups in total. The molecule has 0 aliphatic carbocycles. The second kappa shape index (κ2) is 6.70. The summed E-state index contributed by atoms with van der Waals surface area (Å²) < 4.78 is 10.9. The van der Waals surface area contributed by atoms with E-state index in [1.54, 1.807) is 0 Å². The third-order valence-corrected chi connectivity index (χ3v) is 5.73. The highest BCUT2D eigenvalue weighted by atomic mass is 16.7. The van der Waals surface area contributed by atoms with E-state index in [9.17, 15) is 0 Å². The molecule has 0 spiro atoms. The van der Waals surface area contributed by atoms with Crippen LogP contribution in [-0.2, 0) is 6.54 Å². The molecule has 1 aromatic rings. The summed E-state index contributed by atoms with van der Waals surface area (Å²) in [6.07, 6.45) is 5.41. The molecule has 3 heterocycles. The van der Waals surface area contributed by atoms with Crippen molar-refractivity contribution >= 4 is 0 Å². The second-order valence-electron chi connectivity index (χ2n) is 7.41. The lowest BCUT2D eigenvalue weighted by molar-refractivity contribution is 0.0779. The van der Waals surface area contributed by atoms with E-state index in [1.807, 2.05) is 6.07 Å². The topological polar surface area (TPSA) is 24.9 Å². The molecule has 2 saturated heterocycles. The van der Waals surface area contributed by atoms with Crippen molar-refractivity contribution in [2.75, 3.05) is 33.0 Å². The van der Waals surface area contributed by atoms with Crippen molar-refractivity contribution in [1.82, 2.24) is 9.80 Å². The average molecular weight is 316 g/mol. The molecule has 4 rings (SSSR count). The molecule has 1 aromatic carbocycles. The number of piperidine rings is 2. The molecule has 3 aliphatic heterocycles. The quantitative estimate of drug-likeness (QED) is 0.855. The summed E-state index contributed by atoms with van der Waals surface area (Å²) in [6.45, 7) is 8.84. The van der Waals surface area contributed by atoms with Gasteiger partial charge in [0.25, 0.3) is 0 Å². The smallest absolute Gasteiger partial charge is 0.231 e. The van der Waals surface area contributed by atoms with Crippen LogP contribution in [0.2, 0.25) is 0 Å². The molecule has 0 amide bonds. The summed E-state index contributed by atoms with van der Waals surface area (Å²) in [5, 5.41) is 0. The minimum Gasteiger partial charge on any atom is -0.454 e. The lowest BCUT2D eigenvalue weighted by Gasteiger charge is -2.41. The first-order valence-electron chi connectivity index (χ1n) is 9.13. The maximum absolute atomic E-state index is 5.49. The van der Waals surface area contributed by atoms with Gasteiger partial charge in [0, 0.05) is 12.6 Å². The fourth-order valence-electron chi connectivity index (χ4n) is 4.13. The number of nitrogens with zero attached hydrogens (tertiary/aromatic N) is 2. The van der Waals surface area contributed by atoms with Gasteiger partial charge in [-0.1, -0.05) is 13.0 Å². The van der Waals surface area contributed by atoms with Gasteiger partial charge in [0.05, 0.1) is 0 Å². The Bertz CT molecular complexity index is 532. The summed E-state index contributed by atoms with van der Waals surface area (Å²) in [4.78, 5) is 5.33. The highest BCUT2D eigenvalue weighted by molar-refractivity contribution is 5.44. The molecule has 0 atom stereocenters. The Morgan fingerprint density at radius 1 is 0.957 bits per heavy atom. The number of ether oxygens (including phenoxy) is 2. The fourth-order valence-corrected chi connectivity index (χ4v) is 4.13. The zero-order valence-electron chi connectivity index (χ0n) is 14.2. The maximum atomic E-state index is 5.49. The van der Waals surface area contributed by atoms with Crippen LogP contribution in [-0.4, -0.2) is 48.8 Å². The van der Waals surface area contributed by atoms with Gasteiger partial charge in [-0.15, -0.1) is 0 Å². The first-order chi connectivity index (χ1) is 11.3. The highest BCUT2D eigenvalue weighted by Crippen LogP contribution is 2.33. The first-order valence-corrected chi connectivity index (χ1v) is 9.13. The van der Waals surface area contributed by atoms with Gasteiger partial charge < -0.3 is 14.4 Å². The van der Waals surface area contributed by atoms with Crippen molar-refractivity contribution in [1.29, 1.82) is 0 Å². The third kappa shape index (κ3) is 3.48. The second-order valence-corrected chi connectivity index (χ2v) is 7.41. The Kier molecular flexibility index (Phi) is 4.45. The Balaban J connectivity index is 1.28. The van der Waals surface area contributed by atoms with E-state index in [0.717, 1.165) is 30.0 Å². The van der Waals surface area contributed by atoms with Gasteiger partial charge in [0.1, 0.15) is 0 Å². The number of rotatable bonds is 3. The lowest BCUT2D eigenvalue weighted by Crippen LogP contribution is -2.47. The van der Waals surface area contributed by atoms with Crippen LogP contribution in [0.4, 0.5) is 0 Å². The van der Waals surface area contributed by atoms with E-state index in [-0.39, 0.29) is 0 Å². The minimum atomic E-state index is 0.360. The van der Waals surface area contributed by atoms with Crippen LogP contribution in [0.15, 0.2) is 18.2 Å². The number of benzene rings is 1. The van der Waals surface area contributed by atoms with Crippen molar-refractivity contribution < 1.29 is 9.47 Å². The fraction of sp³-hybridized carbons (Fsp3) is 0.684. The van der Waals surface area contributed by atoms with Crippen LogP contribution < -0.4 is 9.47 Å². The zero-order valence-corrected chi connectivity index (χ0v) is 14.2. The van der Waals surface area contributed by atoms with Crippen molar-refractivity contribution in [3.63, 3.8) is 0 Å². The molecule has 4 heteroatoms. The van der Waals surface area contributed by atoms with Gasteiger partial charge in [-0.05, 0) is 75.5 Å². The molecule has 0 unspecified atom stereocenters. The van der Waals surface area contributed by atoms with Crippen molar-refractivity contribution in [3.05, 3.63) is 23.8 Å². The van der Waals surface area contributed by atoms with E-state index in [2.05, 4.69) is 28.9 Å². The summed E-state index contributed by atoms with van der Waals surface area (Å²) in [6, 6.07) is 7.17. The van der Waals surface area contributed by atoms with Gasteiger partial charge >= 0.3 is 0 Å². The summed E-state index contributed by atoms with van der Waals surface area (Å²) in [5.74, 6) is 2.71. The maximum Gasteiger partial charge on any atom is 0.231 e. The number of likely N-dealkylation sites (tertiary alicyclic amines) is 2. The Morgan fingerprint density at radius 3 is 2.48 bits per heavy atom. The Labute approximate surface area is 139 Å². The lowest BCUT2D eigenvalue weighted by atomic mass is 9.95. The molecule has 0 saturated carbocycles. The van der Waals surface area contributed by atoms with E-state index < -0.39 is 0 Å². The summed E-state index contributed by atoms with van der Waals surface area (Å²) >= 11 is 0. The van der Waals surface area contributed by atoms with E-state index in [1.165, 1.54) is 57.4 Å². The standard InChI is InChI=1S/C19H28N2O2/c1-15-4-10-21(11-5-15)17-6-8-20(9-7-17)13-16-2-3-18-19(12-16)23-14-22-18/h2-3,12,15,17H,4-11,13-14H2,1H3. The molecule has 4 nitrogen and oxygen atoms in total. The first kappa shape index (κ1) is 15.3. The van der Waals surface area contributed by atoms with Crippen LogP contribution in [0.3, 0.4) is 0 Å². The summed E-state index contributed by atoms with van der Waals surface area (Å²) in [7, 11) is 0. The van der Waals surface area contributed by atoms with Gasteiger partial charge in [-0.25, -0.2) is 0 Å². The van der Waals surface area contributed by atoms with Crippen LogP contribution in [0.1, 0.15) is 38.2 Å². The number of fused-ring (bicyclic) bond motifs is 1. The van der Waals surface area contributed by atoms with Crippen molar-refractivity contribution in [2.24, 2.45) is 5.92 Å². The number of hydrogen-bond acceptors (Lipinski definition) is 4. The Morgan fingerprint density at radius 2 is 1.70 bits per heavy atom. The average Bonchev–Trinajstić information content (AvgIpc) is 3.04. The normalized spacial score (nSPS) is 24.2. The predicted octanol–water partition coefficient (Wildman–Crippen LogP) is 3.11. The molecule has 0 radical (unpaired) electrons. The molecule has 2 fully saturated rings. The van der Waals surface area contributed by atoms with E-state index in [0.29, 0.717) is 6.79 Å². The third-order valence-electron chi connectivity index (χ3n) is 5.73. The van der Waals surface area contributed by atoms with E-state index in [4.69, 9.17) is 9.47 Å². The molecule has 0 bridgehead atoms. The van der Waals surface area contributed by atoms with Crippen molar-refractivity contribution in [3.8, 4) is 11.5 Å². The van der Waals surface area contributed by atoms with E-state index >= 15 is 0 Å². The molecule has 23 heavy (non-hydrogen) atoms. The summed E-state index contributed by atoms with van der Waals surface area (Å²) in [5.41, 5.74) is 1.33. The molecule has 0 aromatic heterocycles. The van der Waals surface area contributed by atoms with Crippen LogP contribution in [0, 0.1) is 5.92 Å². The predicted molar refractivity (Wildman–Crippen MR) is 90.8 cm³/mol. The molecular formula is C19H28N2O2. The van der Waals surface area contributed by atoms with Gasteiger partial charge in [-0.3, -0.25) is 4.90 Å². The molecular weight excluding hydrogens is 288 g/mol. The van der Waals surface area contributed by atoms with Gasteiger partial charge in [0.15, 0.2) is 11.5 Å². The Hall–Kier alpha value is -1.26. The SMILES string of the molecule is CC1CCN(C2CCN(Cc3ccc4c(c3)OCO4)CC2)CC1. The largest absolute Gasteiger partial charge is 0.454 e. The zero-order chi connectivity index (χ0) is 15.6. The monoisotopic (exact) mass is 316 g/mol. The van der Waals surface area contributed by atoms with Crippen LogP contribution in [0.5, 0.6) is 11.5 Å². The molecule has 3 aliphatic rings. The van der Waals surface area contributed by atoms with Crippen LogP contribution in [0.25, 0.3) is 0 Å². The van der Waals surface area contributed by atoms with Crippen LogP contribution >= 0.6 is 0 Å². The van der Waals surface area contributed by atoms with Gasteiger partial charge in [-0.2, -0.15) is 0 Å².